The molecule has 0 aromatic heterocycles. The fourth-order valence-electron chi connectivity index (χ4n) is 2.01. The summed E-state index contributed by atoms with van der Waals surface area (Å²) in [6.07, 6.45) is 1.26. The maximum absolute atomic E-state index is 11.8. The predicted octanol–water partition coefficient (Wildman–Crippen LogP) is 2.90. The second-order valence-electron chi connectivity index (χ2n) is 5.06. The average Bonchev–Trinajstić information content (AvgIpc) is 2.66. The molecule has 0 radical (unpaired) electrons. The van der Waals surface area contributed by atoms with Crippen LogP contribution in [0.15, 0.2) is 46.0 Å². The first-order chi connectivity index (χ1) is 12.9. The van der Waals surface area contributed by atoms with Crippen molar-refractivity contribution in [2.75, 3.05) is 20.8 Å². The third-order valence-corrected chi connectivity index (χ3v) is 3.93. The van der Waals surface area contributed by atoms with E-state index in [-0.39, 0.29) is 12.3 Å². The van der Waals surface area contributed by atoms with Crippen LogP contribution in [0.2, 0.25) is 0 Å². The van der Waals surface area contributed by atoms with Gasteiger partial charge in [-0.05, 0) is 40.2 Å². The molecule has 0 aliphatic heterocycles. The Morgan fingerprint density at radius 1 is 1.22 bits per heavy atom. The van der Waals surface area contributed by atoms with Crippen molar-refractivity contribution in [3.8, 4) is 17.2 Å². The van der Waals surface area contributed by atoms with E-state index in [1.54, 1.807) is 25.3 Å². The van der Waals surface area contributed by atoms with E-state index in [2.05, 4.69) is 26.5 Å². The summed E-state index contributed by atoms with van der Waals surface area (Å²) in [6, 6.07) is 9.12. The summed E-state index contributed by atoms with van der Waals surface area (Å²) >= 11 is 3.32. The van der Waals surface area contributed by atoms with Crippen molar-refractivity contribution in [1.29, 1.82) is 0 Å². The lowest BCUT2D eigenvalue weighted by atomic mass is 10.2. The third kappa shape index (κ3) is 5.68. The minimum Gasteiger partial charge on any atom is -0.497 e. The summed E-state index contributed by atoms with van der Waals surface area (Å²) in [5, 5.41) is 14.6. The van der Waals surface area contributed by atoms with Gasteiger partial charge in [0.25, 0.3) is 11.6 Å². The van der Waals surface area contributed by atoms with Crippen molar-refractivity contribution in [2.45, 2.75) is 0 Å². The van der Waals surface area contributed by atoms with Crippen molar-refractivity contribution in [2.24, 2.45) is 5.10 Å². The molecule has 0 aliphatic carbocycles. The van der Waals surface area contributed by atoms with Gasteiger partial charge in [-0.1, -0.05) is 0 Å². The molecule has 0 unspecified atom stereocenters. The predicted molar refractivity (Wildman–Crippen MR) is 102 cm³/mol. The fourth-order valence-corrected chi connectivity index (χ4v) is 2.48. The number of nitro groups is 1. The number of non-ortho nitro benzene ring substituents is 1. The highest BCUT2D eigenvalue weighted by molar-refractivity contribution is 9.10. The minimum absolute atomic E-state index is 0.115. The van der Waals surface area contributed by atoms with Gasteiger partial charge >= 0.3 is 0 Å². The minimum atomic E-state index is -0.532. The SMILES string of the molecule is COc1ccc(OCC(=O)N/N=C\c2cc([N+](=O)[O-])ccc2OC)c(Br)c1. The largest absolute Gasteiger partial charge is 0.497 e. The van der Waals surface area contributed by atoms with Gasteiger partial charge in [0.2, 0.25) is 0 Å². The maximum Gasteiger partial charge on any atom is 0.277 e. The van der Waals surface area contributed by atoms with E-state index in [0.717, 1.165) is 0 Å². The molecule has 0 spiro atoms. The van der Waals surface area contributed by atoms with Crippen LogP contribution in [0.3, 0.4) is 0 Å². The van der Waals surface area contributed by atoms with Crippen molar-refractivity contribution in [3.63, 3.8) is 0 Å². The van der Waals surface area contributed by atoms with E-state index in [1.165, 1.54) is 31.5 Å². The smallest absolute Gasteiger partial charge is 0.277 e. The highest BCUT2D eigenvalue weighted by Gasteiger charge is 2.10. The number of nitrogens with zero attached hydrogens (tertiary/aromatic N) is 2. The molecule has 2 aromatic rings. The monoisotopic (exact) mass is 437 g/mol. The van der Waals surface area contributed by atoms with Crippen LogP contribution in [0, 0.1) is 10.1 Å². The first kappa shape index (κ1) is 20.2. The quantitative estimate of drug-likeness (QED) is 0.385. The van der Waals surface area contributed by atoms with Crippen LogP contribution in [0.5, 0.6) is 17.2 Å². The molecule has 0 fully saturated rings. The fraction of sp³-hybridized carbons (Fsp3) is 0.176. The number of rotatable bonds is 8. The summed E-state index contributed by atoms with van der Waals surface area (Å²) in [5.74, 6) is 1.000. The van der Waals surface area contributed by atoms with Gasteiger partial charge in [0.1, 0.15) is 17.2 Å². The Balaban J connectivity index is 1.95. The number of hydrazone groups is 1. The second-order valence-corrected chi connectivity index (χ2v) is 5.92. The van der Waals surface area contributed by atoms with Crippen LogP contribution < -0.4 is 19.6 Å². The van der Waals surface area contributed by atoms with Gasteiger partial charge in [-0.3, -0.25) is 14.9 Å². The number of hydrogen-bond donors (Lipinski definition) is 1. The standard InChI is InChI=1S/C17H16BrN3O6/c1-25-13-4-6-16(14(18)8-13)27-10-17(22)20-19-9-11-7-12(21(23)24)3-5-15(11)26-2/h3-9H,10H2,1-2H3,(H,20,22)/b19-9-. The van der Waals surface area contributed by atoms with Gasteiger partial charge in [-0.2, -0.15) is 5.10 Å². The van der Waals surface area contributed by atoms with Crippen LogP contribution in [0.4, 0.5) is 5.69 Å². The lowest BCUT2D eigenvalue weighted by molar-refractivity contribution is -0.384. The highest BCUT2D eigenvalue weighted by atomic mass is 79.9. The Kier molecular flexibility index (Phi) is 7.12. The zero-order chi connectivity index (χ0) is 19.8. The van der Waals surface area contributed by atoms with Crippen LogP contribution in [-0.4, -0.2) is 37.9 Å². The normalized spacial score (nSPS) is 10.5. The molecule has 0 aliphatic rings. The third-order valence-electron chi connectivity index (χ3n) is 3.31. The van der Waals surface area contributed by atoms with E-state index in [1.807, 2.05) is 0 Å². The highest BCUT2D eigenvalue weighted by Crippen LogP contribution is 2.29. The Morgan fingerprint density at radius 2 is 1.96 bits per heavy atom. The van der Waals surface area contributed by atoms with Crippen molar-refractivity contribution in [1.82, 2.24) is 5.43 Å². The first-order valence-corrected chi connectivity index (χ1v) is 8.34. The molecule has 10 heteroatoms. The van der Waals surface area contributed by atoms with Gasteiger partial charge in [0, 0.05) is 17.7 Å². The number of benzene rings is 2. The van der Waals surface area contributed by atoms with Crippen LogP contribution in [0.1, 0.15) is 5.56 Å². The first-order valence-electron chi connectivity index (χ1n) is 7.55. The Bertz CT molecular complexity index is 872. The number of nitro benzene ring substituents is 1. The van der Waals surface area contributed by atoms with E-state index in [4.69, 9.17) is 14.2 Å². The van der Waals surface area contributed by atoms with Gasteiger partial charge in [0.15, 0.2) is 6.61 Å². The number of amides is 1. The van der Waals surface area contributed by atoms with Crippen LogP contribution >= 0.6 is 15.9 Å². The van der Waals surface area contributed by atoms with Gasteiger partial charge in [0.05, 0.1) is 29.8 Å². The van der Waals surface area contributed by atoms with E-state index in [0.29, 0.717) is 27.3 Å². The van der Waals surface area contributed by atoms with Crippen LogP contribution in [-0.2, 0) is 4.79 Å². The summed E-state index contributed by atoms with van der Waals surface area (Å²) in [7, 11) is 2.97. The van der Waals surface area contributed by atoms with Crippen molar-refractivity contribution in [3.05, 3.63) is 56.5 Å². The molecule has 2 aromatic carbocycles. The number of methoxy groups -OCH3 is 2. The number of halogens is 1. The molecule has 0 saturated heterocycles. The molecule has 9 nitrogen and oxygen atoms in total. The Morgan fingerprint density at radius 3 is 2.59 bits per heavy atom. The molecule has 1 N–H and O–H groups in total. The summed E-state index contributed by atoms with van der Waals surface area (Å²) in [6.45, 7) is -0.270. The van der Waals surface area contributed by atoms with Crippen molar-refractivity contribution < 1.29 is 23.9 Å². The molecular weight excluding hydrogens is 422 g/mol. The van der Waals surface area contributed by atoms with Crippen LogP contribution in [0.25, 0.3) is 0 Å². The molecule has 2 rings (SSSR count). The molecule has 0 atom stereocenters. The van der Waals surface area contributed by atoms with E-state index < -0.39 is 10.8 Å². The topological polar surface area (TPSA) is 112 Å². The zero-order valence-corrected chi connectivity index (χ0v) is 16.1. The van der Waals surface area contributed by atoms with Gasteiger partial charge in [-0.25, -0.2) is 5.43 Å². The molecule has 1 amide bonds. The Labute approximate surface area is 163 Å². The molecule has 0 saturated carbocycles. The van der Waals surface area contributed by atoms with E-state index in [9.17, 15) is 14.9 Å². The lowest BCUT2D eigenvalue weighted by Gasteiger charge is -2.08. The zero-order valence-electron chi connectivity index (χ0n) is 14.5. The molecule has 0 bridgehead atoms. The molecule has 0 heterocycles. The van der Waals surface area contributed by atoms with Crippen molar-refractivity contribution >= 4 is 33.7 Å². The average molecular weight is 438 g/mol. The maximum atomic E-state index is 11.8. The van der Waals surface area contributed by atoms with E-state index >= 15 is 0 Å². The second kappa shape index (κ2) is 9.53. The summed E-state index contributed by atoms with van der Waals surface area (Å²) in [4.78, 5) is 22.2. The lowest BCUT2D eigenvalue weighted by Crippen LogP contribution is -2.24. The number of hydrogen-bond acceptors (Lipinski definition) is 7. The van der Waals surface area contributed by atoms with Gasteiger partial charge < -0.3 is 14.2 Å². The number of carbonyl (C=O) groups excluding carboxylic acids is 1. The van der Waals surface area contributed by atoms with Gasteiger partial charge in [-0.15, -0.1) is 0 Å². The molecule has 27 heavy (non-hydrogen) atoms. The summed E-state index contributed by atoms with van der Waals surface area (Å²) in [5.41, 5.74) is 2.52. The number of carbonyl (C=O) groups is 1. The molecular formula is C17H16BrN3O6. The number of nitrogens with one attached hydrogen (secondary N) is 1. The molecule has 142 valence electrons. The number of ether oxygens (including phenoxy) is 3. The summed E-state index contributed by atoms with van der Waals surface area (Å²) < 4.78 is 16.2. The Hall–Kier alpha value is -3.14.